The Morgan fingerprint density at radius 3 is 2.13 bits per heavy atom. The summed E-state index contributed by atoms with van der Waals surface area (Å²) in [5, 5.41) is 6.98. The summed E-state index contributed by atoms with van der Waals surface area (Å²) >= 11 is 0. The number of anilines is 2. The van der Waals surface area contributed by atoms with Crippen molar-refractivity contribution < 1.29 is 4.42 Å². The fourth-order valence-electron chi connectivity index (χ4n) is 6.80. The van der Waals surface area contributed by atoms with Crippen molar-refractivity contribution in [1.82, 2.24) is 0 Å². The highest BCUT2D eigenvalue weighted by atomic mass is 16.3. The van der Waals surface area contributed by atoms with Gasteiger partial charge in [0.25, 0.3) is 0 Å². The predicted octanol–water partition coefficient (Wildman–Crippen LogP) is 12.8. The summed E-state index contributed by atoms with van der Waals surface area (Å²) in [6.45, 7) is 4.22. The molecule has 8 rings (SSSR count). The molecule has 0 N–H and O–H groups in total. The van der Waals surface area contributed by atoms with E-state index >= 15 is 0 Å². The van der Waals surface area contributed by atoms with Crippen LogP contribution in [0.3, 0.4) is 0 Å². The van der Waals surface area contributed by atoms with Crippen LogP contribution >= 0.6 is 0 Å². The Bertz CT molecular complexity index is 2440. The number of rotatable bonds is 6. The van der Waals surface area contributed by atoms with E-state index in [1.807, 2.05) is 6.92 Å². The number of hydrogen-bond acceptors (Lipinski definition) is 2. The average Bonchev–Trinajstić information content (AvgIpc) is 3.50. The zero-order chi connectivity index (χ0) is 31.0. The summed E-state index contributed by atoms with van der Waals surface area (Å²) in [5.41, 5.74) is 9.87. The second-order valence-corrected chi connectivity index (χ2v) is 11.7. The lowest BCUT2D eigenvalue weighted by molar-refractivity contribution is 0.672. The number of nitrogens with zero attached hydrogens (tertiary/aromatic N) is 1. The summed E-state index contributed by atoms with van der Waals surface area (Å²) in [6, 6.07) is 52.0. The molecule has 2 heteroatoms. The van der Waals surface area contributed by atoms with Crippen LogP contribution in [0.25, 0.3) is 65.7 Å². The van der Waals surface area contributed by atoms with Crippen LogP contribution in [-0.4, -0.2) is 0 Å². The molecular formula is C44H33NO. The topological polar surface area (TPSA) is 16.4 Å². The van der Waals surface area contributed by atoms with Crippen molar-refractivity contribution in [2.24, 2.45) is 0 Å². The Morgan fingerprint density at radius 2 is 1.28 bits per heavy atom. The van der Waals surface area contributed by atoms with E-state index in [1.54, 1.807) is 0 Å². The van der Waals surface area contributed by atoms with Gasteiger partial charge in [0.2, 0.25) is 0 Å². The Labute approximate surface area is 269 Å². The zero-order valence-corrected chi connectivity index (χ0v) is 25.9. The maximum absolute atomic E-state index is 6.76. The Morgan fingerprint density at radius 1 is 0.587 bits per heavy atom. The molecule has 1 aromatic heterocycles. The Hall–Kier alpha value is -5.86. The van der Waals surface area contributed by atoms with Gasteiger partial charge in [-0.05, 0) is 88.7 Å². The number of allylic oxidation sites excluding steroid dienone is 4. The van der Waals surface area contributed by atoms with E-state index in [0.29, 0.717) is 0 Å². The first kappa shape index (κ1) is 27.7. The minimum absolute atomic E-state index is 0.871. The van der Waals surface area contributed by atoms with Crippen LogP contribution in [0.1, 0.15) is 13.8 Å². The van der Waals surface area contributed by atoms with Gasteiger partial charge in [0.05, 0.1) is 11.1 Å². The molecule has 2 nitrogen and oxygen atoms in total. The van der Waals surface area contributed by atoms with Crippen molar-refractivity contribution in [3.8, 4) is 22.3 Å². The monoisotopic (exact) mass is 591 g/mol. The van der Waals surface area contributed by atoms with Crippen molar-refractivity contribution in [2.45, 2.75) is 13.8 Å². The Balaban J connectivity index is 1.44. The molecule has 0 aliphatic carbocycles. The highest BCUT2D eigenvalue weighted by Crippen LogP contribution is 2.46. The molecule has 8 aromatic rings. The largest absolute Gasteiger partial charge is 0.455 e. The number of benzene rings is 7. The maximum Gasteiger partial charge on any atom is 0.143 e. The smallest absolute Gasteiger partial charge is 0.143 e. The predicted molar refractivity (Wildman–Crippen MR) is 197 cm³/mol. The molecule has 0 spiro atoms. The quantitative estimate of drug-likeness (QED) is 0.179. The van der Waals surface area contributed by atoms with Crippen LogP contribution in [-0.2, 0) is 0 Å². The van der Waals surface area contributed by atoms with Crippen LogP contribution in [0.5, 0.6) is 0 Å². The third kappa shape index (κ3) is 4.67. The standard InChI is InChI=1S/C44H33NO/c1-3-4-15-30(2)45(34-21-12-20-33(28-34)31-16-6-5-7-17-31)41-26-14-27-42-43(41)40-29-39(37-23-10-11-24-38(37)44(40)46-42)36-25-13-19-32-18-8-9-22-35(32)36/h3-29H,1-2H3/b4-3-,30-15+. The molecule has 0 aliphatic heterocycles. The first-order valence-electron chi connectivity index (χ1n) is 15.8. The molecule has 46 heavy (non-hydrogen) atoms. The van der Waals surface area contributed by atoms with E-state index in [2.05, 4.69) is 176 Å². The molecule has 0 atom stereocenters. The van der Waals surface area contributed by atoms with Gasteiger partial charge in [0.1, 0.15) is 11.2 Å². The molecule has 0 saturated carbocycles. The lowest BCUT2D eigenvalue weighted by atomic mass is 9.92. The molecule has 7 aromatic carbocycles. The van der Waals surface area contributed by atoms with Crippen LogP contribution in [0.15, 0.2) is 174 Å². The summed E-state index contributed by atoms with van der Waals surface area (Å²) in [5.74, 6) is 0. The molecule has 0 aliphatic rings. The number of furan rings is 1. The number of fused-ring (bicyclic) bond motifs is 6. The summed E-state index contributed by atoms with van der Waals surface area (Å²) < 4.78 is 6.76. The highest BCUT2D eigenvalue weighted by molar-refractivity contribution is 6.23. The molecule has 0 unspecified atom stereocenters. The van der Waals surface area contributed by atoms with Crippen molar-refractivity contribution in [3.63, 3.8) is 0 Å². The molecule has 0 fully saturated rings. The van der Waals surface area contributed by atoms with Crippen molar-refractivity contribution in [1.29, 1.82) is 0 Å². The van der Waals surface area contributed by atoms with E-state index in [-0.39, 0.29) is 0 Å². The second kappa shape index (κ2) is 11.6. The first-order valence-corrected chi connectivity index (χ1v) is 15.8. The molecule has 220 valence electrons. The van der Waals surface area contributed by atoms with Gasteiger partial charge in [0, 0.05) is 22.2 Å². The maximum atomic E-state index is 6.76. The van der Waals surface area contributed by atoms with Crippen LogP contribution < -0.4 is 4.90 Å². The van der Waals surface area contributed by atoms with Gasteiger partial charge in [-0.25, -0.2) is 0 Å². The van der Waals surface area contributed by atoms with Crippen LogP contribution in [0, 0.1) is 0 Å². The molecule has 0 radical (unpaired) electrons. The van der Waals surface area contributed by atoms with Crippen LogP contribution in [0.2, 0.25) is 0 Å². The van der Waals surface area contributed by atoms with E-state index in [9.17, 15) is 0 Å². The first-order chi connectivity index (χ1) is 22.7. The zero-order valence-electron chi connectivity index (χ0n) is 25.9. The SMILES string of the molecule is C/C=C\C=C(/C)N(c1cccc(-c2ccccc2)c1)c1cccc2oc3c4ccccc4c(-c4cccc5ccccc45)cc3c12. The minimum Gasteiger partial charge on any atom is -0.455 e. The third-order valence-electron chi connectivity index (χ3n) is 8.90. The lowest BCUT2D eigenvalue weighted by Gasteiger charge is -2.27. The van der Waals surface area contributed by atoms with Gasteiger partial charge in [0.15, 0.2) is 0 Å². The van der Waals surface area contributed by atoms with Crippen molar-refractivity contribution in [3.05, 3.63) is 170 Å². The van der Waals surface area contributed by atoms with E-state index in [4.69, 9.17) is 4.42 Å². The molecule has 0 saturated heterocycles. The van der Waals surface area contributed by atoms with Gasteiger partial charge < -0.3 is 9.32 Å². The normalized spacial score (nSPS) is 12.2. The van der Waals surface area contributed by atoms with Gasteiger partial charge >= 0.3 is 0 Å². The molecule has 0 bridgehead atoms. The molecular weight excluding hydrogens is 558 g/mol. The summed E-state index contributed by atoms with van der Waals surface area (Å²) in [6.07, 6.45) is 6.34. The van der Waals surface area contributed by atoms with E-state index < -0.39 is 0 Å². The second-order valence-electron chi connectivity index (χ2n) is 11.7. The van der Waals surface area contributed by atoms with E-state index in [1.165, 1.54) is 38.4 Å². The summed E-state index contributed by atoms with van der Waals surface area (Å²) in [4.78, 5) is 2.36. The van der Waals surface area contributed by atoms with E-state index in [0.717, 1.165) is 44.4 Å². The Kier molecular flexibility index (Phi) is 6.96. The highest BCUT2D eigenvalue weighted by Gasteiger charge is 2.22. The van der Waals surface area contributed by atoms with Gasteiger partial charge in [-0.15, -0.1) is 0 Å². The van der Waals surface area contributed by atoms with Crippen LogP contribution in [0.4, 0.5) is 11.4 Å². The molecule has 0 amide bonds. The minimum atomic E-state index is 0.871. The van der Waals surface area contributed by atoms with Crippen molar-refractivity contribution >= 4 is 54.9 Å². The number of hydrogen-bond donors (Lipinski definition) is 0. The van der Waals surface area contributed by atoms with Crippen molar-refractivity contribution in [2.75, 3.05) is 4.90 Å². The lowest BCUT2D eigenvalue weighted by Crippen LogP contribution is -2.14. The van der Waals surface area contributed by atoms with Gasteiger partial charge in [-0.1, -0.05) is 127 Å². The van der Waals surface area contributed by atoms with Gasteiger partial charge in [-0.3, -0.25) is 0 Å². The summed E-state index contributed by atoms with van der Waals surface area (Å²) in [7, 11) is 0. The van der Waals surface area contributed by atoms with Gasteiger partial charge in [-0.2, -0.15) is 0 Å². The third-order valence-corrected chi connectivity index (χ3v) is 8.90. The fraction of sp³-hybridized carbons (Fsp3) is 0.0455. The molecule has 1 heterocycles. The fourth-order valence-corrected chi connectivity index (χ4v) is 6.80. The average molecular weight is 592 g/mol.